The van der Waals surface area contributed by atoms with Gasteiger partial charge < -0.3 is 15.4 Å². The van der Waals surface area contributed by atoms with Crippen molar-refractivity contribution in [3.05, 3.63) is 65.5 Å². The summed E-state index contributed by atoms with van der Waals surface area (Å²) in [6.07, 6.45) is 0. The number of nitrogens with one attached hydrogen (secondary N) is 2. The number of aliphatic imine (C=N–C) groups is 1. The van der Waals surface area contributed by atoms with Gasteiger partial charge in [0.25, 0.3) is 0 Å². The molecule has 1 heterocycles. The predicted molar refractivity (Wildman–Crippen MR) is 118 cm³/mol. The standard InChI is InChI=1S/C20H28N4O.HI/c1-16(14-25-15-18-9-5-4-6-10-18)12-22-20(21-3)23-13-19-11-7-8-17(2)24-19;/h4-11,16H,12-15H2,1-3H3,(H2,21,22,23);1H. The lowest BCUT2D eigenvalue weighted by atomic mass is 10.2. The second-order valence-corrected chi connectivity index (χ2v) is 6.18. The number of hydrogen-bond donors (Lipinski definition) is 2. The van der Waals surface area contributed by atoms with Gasteiger partial charge in [-0.2, -0.15) is 0 Å². The Bertz CT molecular complexity index is 664. The maximum absolute atomic E-state index is 5.78. The first-order valence-corrected chi connectivity index (χ1v) is 8.66. The van der Waals surface area contributed by atoms with Crippen molar-refractivity contribution in [2.24, 2.45) is 10.9 Å². The third kappa shape index (κ3) is 8.62. The molecule has 0 aliphatic carbocycles. The Balaban J connectivity index is 0.00000338. The molecule has 0 fully saturated rings. The summed E-state index contributed by atoms with van der Waals surface area (Å²) in [5, 5.41) is 6.62. The molecule has 0 saturated heterocycles. The molecule has 0 spiro atoms. The number of pyridine rings is 1. The highest BCUT2D eigenvalue weighted by Gasteiger charge is 2.05. The first-order valence-electron chi connectivity index (χ1n) is 8.66. The Morgan fingerprint density at radius 3 is 2.58 bits per heavy atom. The second-order valence-electron chi connectivity index (χ2n) is 6.18. The zero-order chi connectivity index (χ0) is 17.9. The lowest BCUT2D eigenvalue weighted by molar-refractivity contribution is 0.0931. The van der Waals surface area contributed by atoms with Crippen LogP contribution in [0, 0.1) is 12.8 Å². The fraction of sp³-hybridized carbons (Fsp3) is 0.400. The van der Waals surface area contributed by atoms with E-state index in [0.717, 1.165) is 23.9 Å². The highest BCUT2D eigenvalue weighted by atomic mass is 127. The van der Waals surface area contributed by atoms with E-state index in [1.807, 2.05) is 43.3 Å². The van der Waals surface area contributed by atoms with Crippen LogP contribution in [0.5, 0.6) is 0 Å². The molecule has 2 rings (SSSR count). The van der Waals surface area contributed by atoms with Crippen LogP contribution in [0.2, 0.25) is 0 Å². The minimum atomic E-state index is 0. The van der Waals surface area contributed by atoms with Crippen LogP contribution in [0.25, 0.3) is 0 Å². The van der Waals surface area contributed by atoms with E-state index in [2.05, 4.69) is 39.7 Å². The number of guanidine groups is 1. The van der Waals surface area contributed by atoms with Gasteiger partial charge in [-0.05, 0) is 30.5 Å². The molecule has 0 radical (unpaired) electrons. The Morgan fingerprint density at radius 1 is 1.12 bits per heavy atom. The smallest absolute Gasteiger partial charge is 0.191 e. The van der Waals surface area contributed by atoms with Crippen LogP contribution < -0.4 is 10.6 Å². The lowest BCUT2D eigenvalue weighted by Gasteiger charge is -2.16. The van der Waals surface area contributed by atoms with E-state index >= 15 is 0 Å². The van der Waals surface area contributed by atoms with Crippen molar-refractivity contribution in [3.8, 4) is 0 Å². The van der Waals surface area contributed by atoms with Gasteiger partial charge in [0.1, 0.15) is 0 Å². The highest BCUT2D eigenvalue weighted by molar-refractivity contribution is 14.0. The number of aromatic nitrogens is 1. The summed E-state index contributed by atoms with van der Waals surface area (Å²) in [4.78, 5) is 8.73. The van der Waals surface area contributed by atoms with Crippen LogP contribution in [0.3, 0.4) is 0 Å². The second kappa shape index (κ2) is 12.6. The van der Waals surface area contributed by atoms with E-state index < -0.39 is 0 Å². The molecule has 2 N–H and O–H groups in total. The van der Waals surface area contributed by atoms with E-state index in [-0.39, 0.29) is 24.0 Å². The molecule has 0 aliphatic rings. The molecule has 1 aromatic carbocycles. The van der Waals surface area contributed by atoms with E-state index in [4.69, 9.17) is 4.74 Å². The van der Waals surface area contributed by atoms with Gasteiger partial charge >= 0.3 is 0 Å². The number of ether oxygens (including phenoxy) is 1. The largest absolute Gasteiger partial charge is 0.376 e. The van der Waals surface area contributed by atoms with Crippen molar-refractivity contribution in [3.63, 3.8) is 0 Å². The van der Waals surface area contributed by atoms with Crippen molar-refractivity contribution in [1.82, 2.24) is 15.6 Å². The van der Waals surface area contributed by atoms with Gasteiger partial charge in [-0.3, -0.25) is 9.98 Å². The Morgan fingerprint density at radius 2 is 1.88 bits per heavy atom. The molecule has 6 heteroatoms. The lowest BCUT2D eigenvalue weighted by Crippen LogP contribution is -2.39. The van der Waals surface area contributed by atoms with Crippen LogP contribution in [0.4, 0.5) is 0 Å². The fourth-order valence-corrected chi connectivity index (χ4v) is 2.37. The van der Waals surface area contributed by atoms with Gasteiger partial charge in [0, 0.05) is 19.3 Å². The maximum Gasteiger partial charge on any atom is 0.191 e. The van der Waals surface area contributed by atoms with Gasteiger partial charge in [0.2, 0.25) is 0 Å². The Kier molecular flexibility index (Phi) is 10.9. The number of hydrogen-bond acceptors (Lipinski definition) is 3. The molecular weight excluding hydrogens is 439 g/mol. The molecule has 0 aliphatic heterocycles. The summed E-state index contributed by atoms with van der Waals surface area (Å²) in [6.45, 7) is 6.96. The van der Waals surface area contributed by atoms with Crippen molar-refractivity contribution in [2.75, 3.05) is 20.2 Å². The van der Waals surface area contributed by atoms with Crippen LogP contribution in [-0.4, -0.2) is 31.1 Å². The Hall–Kier alpha value is -1.67. The van der Waals surface area contributed by atoms with Gasteiger partial charge in [0.05, 0.1) is 25.5 Å². The number of rotatable bonds is 8. The third-order valence-electron chi connectivity index (χ3n) is 3.74. The molecule has 0 saturated carbocycles. The first-order chi connectivity index (χ1) is 12.2. The van der Waals surface area contributed by atoms with Crippen LogP contribution in [0.1, 0.15) is 23.9 Å². The van der Waals surface area contributed by atoms with Gasteiger partial charge in [-0.15, -0.1) is 24.0 Å². The molecule has 1 atom stereocenters. The molecule has 1 aromatic heterocycles. The fourth-order valence-electron chi connectivity index (χ4n) is 2.37. The quantitative estimate of drug-likeness (QED) is 0.354. The average Bonchev–Trinajstić information content (AvgIpc) is 2.63. The summed E-state index contributed by atoms with van der Waals surface area (Å²) < 4.78 is 5.78. The van der Waals surface area contributed by atoms with Crippen molar-refractivity contribution in [2.45, 2.75) is 27.0 Å². The molecule has 1 unspecified atom stereocenters. The molecule has 26 heavy (non-hydrogen) atoms. The molecule has 0 bridgehead atoms. The monoisotopic (exact) mass is 468 g/mol. The van der Waals surface area contributed by atoms with E-state index in [9.17, 15) is 0 Å². The average molecular weight is 468 g/mol. The summed E-state index contributed by atoms with van der Waals surface area (Å²) in [7, 11) is 1.77. The van der Waals surface area contributed by atoms with Crippen molar-refractivity contribution in [1.29, 1.82) is 0 Å². The third-order valence-corrected chi connectivity index (χ3v) is 3.74. The number of aryl methyl sites for hydroxylation is 1. The van der Waals surface area contributed by atoms with Gasteiger partial charge in [0.15, 0.2) is 5.96 Å². The molecular formula is C20H29IN4O. The van der Waals surface area contributed by atoms with Crippen molar-refractivity contribution >= 4 is 29.9 Å². The summed E-state index contributed by atoms with van der Waals surface area (Å²) in [5.41, 5.74) is 3.22. The Labute approximate surface area is 173 Å². The molecule has 142 valence electrons. The molecule has 0 amide bonds. The number of halogens is 1. The first kappa shape index (κ1) is 22.4. The van der Waals surface area contributed by atoms with Crippen LogP contribution in [0.15, 0.2) is 53.5 Å². The SMILES string of the molecule is CN=C(NCc1cccc(C)n1)NCC(C)COCc1ccccc1.I. The van der Waals surface area contributed by atoms with E-state index in [1.54, 1.807) is 7.05 Å². The minimum absolute atomic E-state index is 0. The zero-order valence-electron chi connectivity index (χ0n) is 15.7. The van der Waals surface area contributed by atoms with E-state index in [1.165, 1.54) is 5.56 Å². The molecule has 2 aromatic rings. The normalized spacial score (nSPS) is 12.2. The zero-order valence-corrected chi connectivity index (χ0v) is 18.1. The maximum atomic E-state index is 5.78. The van der Waals surface area contributed by atoms with Gasteiger partial charge in [-0.25, -0.2) is 0 Å². The predicted octanol–water partition coefficient (Wildman–Crippen LogP) is 3.53. The van der Waals surface area contributed by atoms with Gasteiger partial charge in [-0.1, -0.05) is 43.3 Å². The number of nitrogens with zero attached hydrogens (tertiary/aromatic N) is 2. The van der Waals surface area contributed by atoms with Crippen LogP contribution in [-0.2, 0) is 17.9 Å². The van der Waals surface area contributed by atoms with E-state index in [0.29, 0.717) is 25.7 Å². The highest BCUT2D eigenvalue weighted by Crippen LogP contribution is 2.03. The molecule has 5 nitrogen and oxygen atoms in total. The summed E-state index contributed by atoms with van der Waals surface area (Å²) in [6, 6.07) is 16.2. The summed E-state index contributed by atoms with van der Waals surface area (Å²) >= 11 is 0. The topological polar surface area (TPSA) is 58.5 Å². The summed E-state index contributed by atoms with van der Waals surface area (Å²) in [5.74, 6) is 1.16. The minimum Gasteiger partial charge on any atom is -0.376 e. The van der Waals surface area contributed by atoms with Crippen LogP contribution >= 0.6 is 24.0 Å². The van der Waals surface area contributed by atoms with Crippen molar-refractivity contribution < 1.29 is 4.74 Å². The number of benzene rings is 1.